The molecule has 3 aromatic carbocycles. The van der Waals surface area contributed by atoms with E-state index in [0.717, 1.165) is 25.7 Å². The minimum absolute atomic E-state index is 0.0146. The summed E-state index contributed by atoms with van der Waals surface area (Å²) in [6, 6.07) is 32.2. The number of alkyl halides is 2. The molecule has 1 saturated carbocycles. The number of hydrogen-bond acceptors (Lipinski definition) is 3. The van der Waals surface area contributed by atoms with E-state index in [9.17, 15) is 13.6 Å². The highest BCUT2D eigenvalue weighted by Gasteiger charge is 2.35. The van der Waals surface area contributed by atoms with Crippen molar-refractivity contribution >= 4 is 16.9 Å². The van der Waals surface area contributed by atoms with E-state index in [2.05, 4.69) is 102 Å². The predicted molar refractivity (Wildman–Crippen MR) is 145 cm³/mol. The van der Waals surface area contributed by atoms with Gasteiger partial charge in [0.2, 0.25) is 0 Å². The third-order valence-electron chi connectivity index (χ3n) is 6.16. The average molecular weight is 526 g/mol. The van der Waals surface area contributed by atoms with Crippen LogP contribution in [0.3, 0.4) is 0 Å². The molecule has 1 aliphatic rings. The minimum Gasteiger partial charge on any atom is -0.502 e. The molecule has 0 amide bonds. The van der Waals surface area contributed by atoms with Crippen molar-refractivity contribution in [1.82, 2.24) is 0 Å². The highest BCUT2D eigenvalue weighted by Crippen LogP contribution is 2.31. The van der Waals surface area contributed by atoms with E-state index in [0.29, 0.717) is 19.4 Å². The largest absolute Gasteiger partial charge is 0.502 e. The first-order valence-electron chi connectivity index (χ1n) is 12.6. The quantitative estimate of drug-likeness (QED) is 0.162. The van der Waals surface area contributed by atoms with Crippen molar-refractivity contribution in [2.75, 3.05) is 13.2 Å². The molecule has 0 saturated heterocycles. The predicted octanol–water partition coefficient (Wildman–Crippen LogP) is 7.93. The molecule has 1 aliphatic carbocycles. The normalized spacial score (nSPS) is 17.3. The van der Waals surface area contributed by atoms with E-state index in [4.69, 9.17) is 4.74 Å². The third kappa shape index (κ3) is 9.36. The topological polar surface area (TPSA) is 35.5 Å². The van der Waals surface area contributed by atoms with Crippen LogP contribution in [0.4, 0.5) is 8.78 Å². The summed E-state index contributed by atoms with van der Waals surface area (Å²) in [5, 5.41) is 0. The maximum absolute atomic E-state index is 12.6. The zero-order chi connectivity index (χ0) is 26.5. The monoisotopic (exact) mass is 525 g/mol. The number of carbonyl (C=O) groups excluding carboxylic acids is 1. The van der Waals surface area contributed by atoms with Crippen LogP contribution in [-0.2, 0) is 25.2 Å². The van der Waals surface area contributed by atoms with Gasteiger partial charge in [0.1, 0.15) is 0 Å². The minimum atomic E-state index is -3.39. The Bertz CT molecular complexity index is 970. The van der Waals surface area contributed by atoms with E-state index in [1.807, 2.05) is 0 Å². The van der Waals surface area contributed by atoms with Crippen LogP contribution in [-0.4, -0.2) is 25.1 Å². The van der Waals surface area contributed by atoms with Gasteiger partial charge in [-0.15, -0.1) is 0 Å². The smallest absolute Gasteiger partial charge is 0.376 e. The molecular formula is C31H35F2O3S+. The van der Waals surface area contributed by atoms with Crippen LogP contribution in [0, 0.1) is 11.8 Å². The molecule has 6 heteroatoms. The van der Waals surface area contributed by atoms with Gasteiger partial charge < -0.3 is 9.47 Å². The van der Waals surface area contributed by atoms with Crippen molar-refractivity contribution in [3.63, 3.8) is 0 Å². The molecule has 1 fully saturated rings. The van der Waals surface area contributed by atoms with Crippen LogP contribution in [0.1, 0.15) is 32.6 Å². The van der Waals surface area contributed by atoms with E-state index < -0.39 is 11.9 Å². The fraction of sp³-hybridized carbons (Fsp3) is 0.323. The fourth-order valence-corrected chi connectivity index (χ4v) is 6.27. The lowest BCUT2D eigenvalue weighted by Crippen LogP contribution is -2.30. The highest BCUT2D eigenvalue weighted by atomic mass is 32.2. The standard InChI is InChI=1S/C18H15S.C13H20F2O3/c1-4-10-16(11-5-1)19(17-12-6-2-7-13-17)18-14-8-3-9-15-18;1-3-17-8-10-4-6-11(7-5-10)9-18-12(16)13(2,14)15/h1-15H;3,10-11H,1,4-9H2,2H3/q+1;. The number of carbonyl (C=O) groups is 1. The highest BCUT2D eigenvalue weighted by molar-refractivity contribution is 7.97. The molecule has 0 bridgehead atoms. The Kier molecular flexibility index (Phi) is 11.2. The first kappa shape index (κ1) is 28.5. The molecule has 0 aliphatic heterocycles. The van der Waals surface area contributed by atoms with E-state index in [1.165, 1.54) is 20.9 Å². The van der Waals surface area contributed by atoms with Crippen molar-refractivity contribution in [3.05, 3.63) is 104 Å². The molecule has 3 aromatic rings. The van der Waals surface area contributed by atoms with Gasteiger partial charge in [0.25, 0.3) is 0 Å². The molecule has 196 valence electrons. The lowest BCUT2D eigenvalue weighted by molar-refractivity contribution is -0.171. The van der Waals surface area contributed by atoms with E-state index in [1.54, 1.807) is 0 Å². The molecule has 0 radical (unpaired) electrons. The Labute approximate surface area is 221 Å². The van der Waals surface area contributed by atoms with Crippen LogP contribution in [0.15, 0.2) is 119 Å². The van der Waals surface area contributed by atoms with Gasteiger partial charge in [0.05, 0.1) is 30.4 Å². The summed E-state index contributed by atoms with van der Waals surface area (Å²) in [5.41, 5.74) is 0. The Balaban J connectivity index is 0.000000206. The molecule has 0 heterocycles. The van der Waals surface area contributed by atoms with Crippen molar-refractivity contribution in [3.8, 4) is 0 Å². The van der Waals surface area contributed by atoms with Gasteiger partial charge in [0, 0.05) is 6.92 Å². The van der Waals surface area contributed by atoms with E-state index >= 15 is 0 Å². The first-order valence-corrected chi connectivity index (χ1v) is 13.8. The Morgan fingerprint density at radius 3 is 1.54 bits per heavy atom. The summed E-state index contributed by atoms with van der Waals surface area (Å²) in [6.07, 6.45) is 5.13. The second kappa shape index (κ2) is 14.6. The summed E-state index contributed by atoms with van der Waals surface area (Å²) >= 11 is 0. The lowest BCUT2D eigenvalue weighted by Gasteiger charge is -2.27. The van der Waals surface area contributed by atoms with Gasteiger partial charge in [-0.05, 0) is 73.9 Å². The van der Waals surface area contributed by atoms with Crippen molar-refractivity contribution in [2.45, 2.75) is 53.2 Å². The Morgan fingerprint density at radius 1 is 0.811 bits per heavy atom. The molecule has 4 rings (SSSR count). The average Bonchev–Trinajstić information content (AvgIpc) is 2.93. The van der Waals surface area contributed by atoms with Gasteiger partial charge in [-0.2, -0.15) is 8.78 Å². The maximum atomic E-state index is 12.6. The number of halogens is 2. The number of ether oxygens (including phenoxy) is 2. The van der Waals surface area contributed by atoms with Gasteiger partial charge >= 0.3 is 11.9 Å². The molecule has 0 unspecified atom stereocenters. The number of hydrogen-bond donors (Lipinski definition) is 0. The zero-order valence-electron chi connectivity index (χ0n) is 21.2. The van der Waals surface area contributed by atoms with Gasteiger partial charge in [-0.3, -0.25) is 0 Å². The number of esters is 1. The molecule has 0 atom stereocenters. The maximum Gasteiger partial charge on any atom is 0.376 e. The van der Waals surface area contributed by atoms with Crippen LogP contribution in [0.25, 0.3) is 0 Å². The van der Waals surface area contributed by atoms with Crippen LogP contribution in [0.2, 0.25) is 0 Å². The Hall–Kier alpha value is -3.12. The summed E-state index contributed by atoms with van der Waals surface area (Å²) in [4.78, 5) is 15.0. The van der Waals surface area contributed by atoms with Crippen molar-refractivity contribution in [2.24, 2.45) is 11.8 Å². The van der Waals surface area contributed by atoms with Crippen LogP contribution >= 0.6 is 0 Å². The SMILES string of the molecule is C=COCC1CCC(COC(=O)C(C)(F)F)CC1.c1ccc([S+](c2ccccc2)c2ccccc2)cc1. The molecule has 37 heavy (non-hydrogen) atoms. The molecule has 3 nitrogen and oxygen atoms in total. The number of benzene rings is 3. The third-order valence-corrected chi connectivity index (χ3v) is 8.39. The van der Waals surface area contributed by atoms with Crippen LogP contribution < -0.4 is 0 Å². The molecule has 0 spiro atoms. The summed E-state index contributed by atoms with van der Waals surface area (Å²) in [6.45, 7) is 4.79. The summed E-state index contributed by atoms with van der Waals surface area (Å²) in [7, 11) is -0.0146. The molecule has 0 N–H and O–H groups in total. The van der Waals surface area contributed by atoms with Crippen LogP contribution in [0.5, 0.6) is 0 Å². The molecule has 0 aromatic heterocycles. The second-order valence-electron chi connectivity index (χ2n) is 9.12. The van der Waals surface area contributed by atoms with Gasteiger partial charge in [0.15, 0.2) is 14.7 Å². The summed E-state index contributed by atoms with van der Waals surface area (Å²) in [5.74, 6) is -4.15. The van der Waals surface area contributed by atoms with Gasteiger partial charge in [-0.25, -0.2) is 4.79 Å². The number of rotatable bonds is 9. The Morgan fingerprint density at radius 2 is 1.19 bits per heavy atom. The van der Waals surface area contributed by atoms with Crippen molar-refractivity contribution < 1.29 is 23.0 Å². The summed E-state index contributed by atoms with van der Waals surface area (Å²) < 4.78 is 34.9. The van der Waals surface area contributed by atoms with Gasteiger partial charge in [-0.1, -0.05) is 61.2 Å². The van der Waals surface area contributed by atoms with E-state index in [-0.39, 0.29) is 23.4 Å². The molecular weight excluding hydrogens is 490 g/mol. The second-order valence-corrected chi connectivity index (χ2v) is 11.1. The fourth-order valence-electron chi connectivity index (χ4n) is 4.17. The van der Waals surface area contributed by atoms with Crippen molar-refractivity contribution in [1.29, 1.82) is 0 Å². The lowest BCUT2D eigenvalue weighted by atomic mass is 9.83. The zero-order valence-corrected chi connectivity index (χ0v) is 22.0. The first-order chi connectivity index (χ1) is 17.9.